The number of carbonyl (C=O) groups is 2. The van der Waals surface area contributed by atoms with Gasteiger partial charge in [-0.2, -0.15) is 0 Å². The van der Waals surface area contributed by atoms with Gasteiger partial charge < -0.3 is 29.3 Å². The van der Waals surface area contributed by atoms with Crippen LogP contribution in [0.1, 0.15) is 48.7 Å². The van der Waals surface area contributed by atoms with Crippen molar-refractivity contribution in [3.05, 3.63) is 45.2 Å². The summed E-state index contributed by atoms with van der Waals surface area (Å²) < 4.78 is 12.3. The van der Waals surface area contributed by atoms with E-state index in [9.17, 15) is 19.5 Å². The Morgan fingerprint density at radius 1 is 1.31 bits per heavy atom. The fraction of sp³-hybridized carbons (Fsp3) is 0.450. The summed E-state index contributed by atoms with van der Waals surface area (Å²) in [6.07, 6.45) is 2.04. The second kappa shape index (κ2) is 9.30. The Labute approximate surface area is 190 Å². The zero-order chi connectivity index (χ0) is 20.5. The average molecular weight is 410 g/mol. The maximum atomic E-state index is 12.6. The van der Waals surface area contributed by atoms with Crippen LogP contribution < -0.4 is 45.4 Å². The Kier molecular flexibility index (Phi) is 7.50. The average Bonchev–Trinajstić information content (AvgIpc) is 2.59. The number of nitrogens with one attached hydrogen (secondary N) is 1. The van der Waals surface area contributed by atoms with Crippen molar-refractivity contribution in [2.24, 2.45) is 0 Å². The van der Waals surface area contributed by atoms with Gasteiger partial charge in [0, 0.05) is 23.7 Å². The summed E-state index contributed by atoms with van der Waals surface area (Å²) >= 11 is 0. The number of amides is 1. The number of benzene rings is 1. The number of carboxylic acids is 1. The third kappa shape index (κ3) is 5.60. The first-order valence-corrected chi connectivity index (χ1v) is 9.10. The topological polar surface area (TPSA) is 110 Å². The first-order chi connectivity index (χ1) is 13.2. The minimum atomic E-state index is -1.50. The molecule has 3 rings (SSSR count). The van der Waals surface area contributed by atoms with Crippen LogP contribution in [-0.4, -0.2) is 28.8 Å². The van der Waals surface area contributed by atoms with Crippen molar-refractivity contribution in [1.82, 2.24) is 9.88 Å². The van der Waals surface area contributed by atoms with E-state index in [0.717, 1.165) is 11.1 Å². The van der Waals surface area contributed by atoms with E-state index in [1.54, 1.807) is 31.4 Å². The van der Waals surface area contributed by atoms with Gasteiger partial charge in [0.25, 0.3) is 0 Å². The van der Waals surface area contributed by atoms with Crippen molar-refractivity contribution in [3.8, 4) is 0 Å². The van der Waals surface area contributed by atoms with Gasteiger partial charge in [0.2, 0.25) is 0 Å². The van der Waals surface area contributed by atoms with Gasteiger partial charge >= 0.3 is 35.7 Å². The van der Waals surface area contributed by atoms with E-state index in [2.05, 4.69) is 5.32 Å². The molecule has 150 valence electrons. The van der Waals surface area contributed by atoms with Crippen LogP contribution in [0.15, 0.2) is 23.1 Å². The smallest absolute Gasteiger partial charge is 0.545 e. The maximum absolute atomic E-state index is 12.6. The number of ether oxygens (including phenoxy) is 2. The molecule has 0 aliphatic carbocycles. The fourth-order valence-corrected chi connectivity index (χ4v) is 3.25. The third-order valence-electron chi connectivity index (χ3n) is 4.33. The van der Waals surface area contributed by atoms with Crippen molar-refractivity contribution < 1.29 is 53.7 Å². The molecule has 1 amide bonds. The van der Waals surface area contributed by atoms with Gasteiger partial charge in [0.05, 0.1) is 23.7 Å². The second-order valence-corrected chi connectivity index (χ2v) is 7.79. The second-order valence-electron chi connectivity index (χ2n) is 7.79. The third-order valence-corrected chi connectivity index (χ3v) is 4.33. The Balaban J connectivity index is 0.00000300. The standard InChI is InChI=1S/C20H24N2O6.Na/c1-20(2,3)28-19(26)21-6-4-5-12-7-13-10-27-11-22-9-15(18(24)25)17(23)14(8-12)16(13)22;/h7-9H,4-6,10-11H2,1-3H3,(H,21,26)(H,24,25);/q;+1/p-1. The Bertz CT molecular complexity index is 993. The van der Waals surface area contributed by atoms with Gasteiger partial charge in [-0.15, -0.1) is 0 Å². The van der Waals surface area contributed by atoms with E-state index in [0.29, 0.717) is 36.9 Å². The van der Waals surface area contributed by atoms with Gasteiger partial charge in [-0.05, 0) is 45.2 Å². The van der Waals surface area contributed by atoms with Crippen LogP contribution in [0, 0.1) is 0 Å². The number of carboxylic acid groups (broad SMARTS) is 1. The van der Waals surface area contributed by atoms with E-state index in [4.69, 9.17) is 9.47 Å². The summed E-state index contributed by atoms with van der Waals surface area (Å²) in [5, 5.41) is 14.3. The summed E-state index contributed by atoms with van der Waals surface area (Å²) in [6, 6.07) is 3.66. The van der Waals surface area contributed by atoms with Gasteiger partial charge in [-0.1, -0.05) is 6.07 Å². The monoisotopic (exact) mass is 410 g/mol. The van der Waals surface area contributed by atoms with E-state index in [1.807, 2.05) is 6.07 Å². The zero-order valence-electron chi connectivity index (χ0n) is 17.2. The van der Waals surface area contributed by atoms with Crippen LogP contribution in [0.25, 0.3) is 10.9 Å². The van der Waals surface area contributed by atoms with E-state index < -0.39 is 23.1 Å². The first kappa shape index (κ1) is 23.4. The quantitative estimate of drug-likeness (QED) is 0.466. The molecular weight excluding hydrogens is 387 g/mol. The Morgan fingerprint density at radius 2 is 2.03 bits per heavy atom. The molecule has 0 saturated heterocycles. The number of pyridine rings is 1. The molecule has 0 fully saturated rings. The zero-order valence-corrected chi connectivity index (χ0v) is 19.2. The molecule has 1 aliphatic rings. The number of rotatable bonds is 5. The Hall–Kier alpha value is -1.87. The van der Waals surface area contributed by atoms with Crippen LogP contribution in [0.4, 0.5) is 4.79 Å². The van der Waals surface area contributed by atoms with Crippen LogP contribution in [-0.2, 0) is 29.2 Å². The van der Waals surface area contributed by atoms with Crippen molar-refractivity contribution >= 4 is 23.0 Å². The number of alkyl carbamates (subject to hydrolysis) is 1. The minimum absolute atomic E-state index is 0. The summed E-state index contributed by atoms with van der Waals surface area (Å²) in [6.45, 7) is 6.34. The summed E-state index contributed by atoms with van der Waals surface area (Å²) in [5.41, 5.74) is 0.911. The van der Waals surface area contributed by atoms with Crippen molar-refractivity contribution in [1.29, 1.82) is 0 Å². The number of nitrogens with zero attached hydrogens (tertiary/aromatic N) is 1. The molecule has 0 saturated carbocycles. The molecular formula is C20H23N2NaO6. The minimum Gasteiger partial charge on any atom is -0.545 e. The molecule has 0 spiro atoms. The van der Waals surface area contributed by atoms with Crippen LogP contribution >= 0.6 is 0 Å². The predicted molar refractivity (Wildman–Crippen MR) is 99.9 cm³/mol. The molecule has 0 radical (unpaired) electrons. The molecule has 1 aromatic heterocycles. The molecule has 29 heavy (non-hydrogen) atoms. The molecule has 9 heteroatoms. The fourth-order valence-electron chi connectivity index (χ4n) is 3.25. The number of hydrogen-bond donors (Lipinski definition) is 1. The molecule has 1 aromatic carbocycles. The molecule has 1 aliphatic heterocycles. The first-order valence-electron chi connectivity index (χ1n) is 9.10. The number of aromatic nitrogens is 1. The SMILES string of the molecule is CC(C)(C)OC(=O)NCCCc1cc2c3c(c1)c(=O)c(C(=O)[O-])cn3COC2.[Na+]. The molecule has 8 nitrogen and oxygen atoms in total. The predicted octanol–water partition coefficient (Wildman–Crippen LogP) is -1.69. The molecule has 1 N–H and O–H groups in total. The number of aryl methyl sites for hydroxylation is 1. The van der Waals surface area contributed by atoms with Crippen LogP contribution in [0.2, 0.25) is 0 Å². The van der Waals surface area contributed by atoms with Crippen molar-refractivity contribution in [3.63, 3.8) is 0 Å². The number of aromatic carboxylic acids is 1. The molecule has 0 bridgehead atoms. The molecule has 2 heterocycles. The van der Waals surface area contributed by atoms with E-state index >= 15 is 0 Å². The van der Waals surface area contributed by atoms with E-state index in [1.165, 1.54) is 6.20 Å². The van der Waals surface area contributed by atoms with Crippen molar-refractivity contribution in [2.45, 2.75) is 52.6 Å². The molecule has 0 unspecified atom stereocenters. The van der Waals surface area contributed by atoms with Crippen LogP contribution in [0.3, 0.4) is 0 Å². The van der Waals surface area contributed by atoms with E-state index in [-0.39, 0.29) is 41.9 Å². The molecule has 2 aromatic rings. The largest absolute Gasteiger partial charge is 1.00 e. The van der Waals surface area contributed by atoms with Crippen LogP contribution in [0.5, 0.6) is 0 Å². The maximum Gasteiger partial charge on any atom is 1.00 e. The van der Waals surface area contributed by atoms with Crippen molar-refractivity contribution in [2.75, 3.05) is 6.54 Å². The normalized spacial score (nSPS) is 12.9. The number of hydrogen-bond acceptors (Lipinski definition) is 6. The Morgan fingerprint density at radius 3 is 2.69 bits per heavy atom. The summed E-state index contributed by atoms with van der Waals surface area (Å²) in [4.78, 5) is 35.5. The van der Waals surface area contributed by atoms with Gasteiger partial charge in [0.1, 0.15) is 12.3 Å². The summed E-state index contributed by atoms with van der Waals surface area (Å²) in [5.74, 6) is -1.50. The van der Waals surface area contributed by atoms with Gasteiger partial charge in [-0.3, -0.25) is 4.79 Å². The molecule has 0 atom stereocenters. The number of carbonyl (C=O) groups excluding carboxylic acids is 2. The summed E-state index contributed by atoms with van der Waals surface area (Å²) in [7, 11) is 0. The van der Waals surface area contributed by atoms with Gasteiger partial charge in [0.15, 0.2) is 5.43 Å². The van der Waals surface area contributed by atoms with Gasteiger partial charge in [-0.25, -0.2) is 4.79 Å².